The smallest absolute Gasteiger partial charge is 0.243 e. The molecule has 1 unspecified atom stereocenters. The number of benzene rings is 1. The van der Waals surface area contributed by atoms with Crippen molar-refractivity contribution in [1.82, 2.24) is 0 Å². The summed E-state index contributed by atoms with van der Waals surface area (Å²) in [5.41, 5.74) is 6.38. The van der Waals surface area contributed by atoms with E-state index in [1.807, 2.05) is 24.3 Å². The molecule has 0 saturated heterocycles. The summed E-state index contributed by atoms with van der Waals surface area (Å²) in [7, 11) is 1.52. The van der Waals surface area contributed by atoms with E-state index in [1.54, 1.807) is 0 Å². The number of methoxy groups -OCH3 is 1. The Hall–Kier alpha value is -1.59. The lowest BCUT2D eigenvalue weighted by molar-refractivity contribution is -0.118. The summed E-state index contributed by atoms with van der Waals surface area (Å²) in [5.74, 6) is 1.27. The number of nitrogens with two attached hydrogens (primary N) is 1. The van der Waals surface area contributed by atoms with Gasteiger partial charge in [0.05, 0.1) is 13.2 Å². The second kappa shape index (κ2) is 8.76. The Morgan fingerprint density at radius 2 is 1.95 bits per heavy atom. The van der Waals surface area contributed by atoms with Gasteiger partial charge in [-0.15, -0.1) is 0 Å². The highest BCUT2D eigenvalue weighted by atomic mass is 16.5. The van der Waals surface area contributed by atoms with Crippen LogP contribution in [0, 0.1) is 5.92 Å². The lowest BCUT2D eigenvalue weighted by Gasteiger charge is -2.21. The fourth-order valence-corrected chi connectivity index (χ4v) is 2.69. The summed E-state index contributed by atoms with van der Waals surface area (Å²) >= 11 is 0. The molecule has 5 heteroatoms. The molecule has 122 valence electrons. The molecule has 22 heavy (non-hydrogen) atoms. The first-order valence-electron chi connectivity index (χ1n) is 7.97. The zero-order chi connectivity index (χ0) is 15.8. The van der Waals surface area contributed by atoms with Crippen LogP contribution in [0.4, 0.5) is 5.69 Å². The second-order valence-corrected chi connectivity index (χ2v) is 5.89. The van der Waals surface area contributed by atoms with E-state index in [2.05, 4.69) is 5.32 Å². The number of nitrogens with one attached hydrogen (secondary N) is 1. The van der Waals surface area contributed by atoms with Crippen LogP contribution in [0.25, 0.3) is 0 Å². The Bertz CT molecular complexity index is 455. The number of hydrogen-bond donors (Lipinski definition) is 2. The summed E-state index contributed by atoms with van der Waals surface area (Å²) < 4.78 is 10.7. The molecule has 1 aromatic carbocycles. The highest BCUT2D eigenvalue weighted by Gasteiger charge is 2.15. The quantitative estimate of drug-likeness (QED) is 0.812. The van der Waals surface area contributed by atoms with Crippen LogP contribution in [-0.2, 0) is 9.53 Å². The van der Waals surface area contributed by atoms with Crippen LogP contribution < -0.4 is 15.8 Å². The largest absolute Gasteiger partial charge is 0.493 e. The van der Waals surface area contributed by atoms with Gasteiger partial charge in [-0.2, -0.15) is 0 Å². The van der Waals surface area contributed by atoms with Gasteiger partial charge in [0.15, 0.2) is 0 Å². The van der Waals surface area contributed by atoms with Crippen LogP contribution in [0.2, 0.25) is 0 Å². The van der Waals surface area contributed by atoms with Crippen LogP contribution in [-0.4, -0.2) is 32.3 Å². The summed E-state index contributed by atoms with van der Waals surface area (Å²) in [5, 5.41) is 2.76. The summed E-state index contributed by atoms with van der Waals surface area (Å²) in [4.78, 5) is 11.8. The number of ether oxygens (including phenoxy) is 2. The lowest BCUT2D eigenvalue weighted by atomic mass is 9.90. The van der Waals surface area contributed by atoms with E-state index in [0.717, 1.165) is 12.4 Å². The van der Waals surface area contributed by atoms with Crippen LogP contribution in [0.3, 0.4) is 0 Å². The van der Waals surface area contributed by atoms with Gasteiger partial charge in [-0.1, -0.05) is 19.3 Å². The molecule has 1 amide bonds. The molecule has 1 aliphatic carbocycles. The Balaban J connectivity index is 1.78. The summed E-state index contributed by atoms with van der Waals surface area (Å²) in [6.07, 6.45) is 6.54. The zero-order valence-electron chi connectivity index (χ0n) is 13.2. The normalized spacial score (nSPS) is 17.0. The third kappa shape index (κ3) is 5.31. The van der Waals surface area contributed by atoms with Crippen molar-refractivity contribution in [2.45, 2.75) is 38.1 Å². The zero-order valence-corrected chi connectivity index (χ0v) is 13.2. The van der Waals surface area contributed by atoms with Crippen LogP contribution in [0.1, 0.15) is 32.1 Å². The lowest BCUT2D eigenvalue weighted by Crippen LogP contribution is -2.39. The third-order valence-corrected chi connectivity index (χ3v) is 4.02. The molecule has 1 aliphatic rings. The minimum absolute atomic E-state index is 0.203. The van der Waals surface area contributed by atoms with Crippen molar-refractivity contribution in [3.05, 3.63) is 24.3 Å². The Morgan fingerprint density at radius 1 is 1.27 bits per heavy atom. The average molecular weight is 306 g/mol. The first-order valence-corrected chi connectivity index (χ1v) is 7.97. The van der Waals surface area contributed by atoms with Crippen molar-refractivity contribution >= 4 is 11.6 Å². The highest BCUT2D eigenvalue weighted by molar-refractivity contribution is 5.94. The van der Waals surface area contributed by atoms with Crippen molar-refractivity contribution in [2.24, 2.45) is 11.7 Å². The van der Waals surface area contributed by atoms with Gasteiger partial charge in [0, 0.05) is 12.8 Å². The van der Waals surface area contributed by atoms with E-state index in [0.29, 0.717) is 11.6 Å². The Morgan fingerprint density at radius 3 is 2.59 bits per heavy atom. The van der Waals surface area contributed by atoms with Gasteiger partial charge in [-0.3, -0.25) is 4.79 Å². The molecule has 1 aromatic rings. The minimum Gasteiger partial charge on any atom is -0.493 e. The van der Waals surface area contributed by atoms with Gasteiger partial charge in [0.2, 0.25) is 5.91 Å². The van der Waals surface area contributed by atoms with Crippen molar-refractivity contribution < 1.29 is 14.3 Å². The molecular formula is C17H26N2O3. The first-order chi connectivity index (χ1) is 10.7. The number of anilines is 1. The molecule has 1 saturated carbocycles. The van der Waals surface area contributed by atoms with Crippen LogP contribution in [0.15, 0.2) is 24.3 Å². The van der Waals surface area contributed by atoms with E-state index in [9.17, 15) is 4.79 Å². The minimum atomic E-state index is -0.660. The highest BCUT2D eigenvalue weighted by Crippen LogP contribution is 2.25. The van der Waals surface area contributed by atoms with Gasteiger partial charge in [0.25, 0.3) is 0 Å². The Kier molecular flexibility index (Phi) is 6.68. The fraction of sp³-hybridized carbons (Fsp3) is 0.588. The molecule has 1 fully saturated rings. The van der Waals surface area contributed by atoms with Crippen molar-refractivity contribution in [1.29, 1.82) is 0 Å². The number of amides is 1. The second-order valence-electron chi connectivity index (χ2n) is 5.89. The maximum atomic E-state index is 11.8. The van der Waals surface area contributed by atoms with E-state index < -0.39 is 6.04 Å². The summed E-state index contributed by atoms with van der Waals surface area (Å²) in [6, 6.07) is 6.74. The van der Waals surface area contributed by atoms with Gasteiger partial charge >= 0.3 is 0 Å². The SMILES string of the molecule is COCC(N)C(=O)Nc1ccc(OCC2CCCCC2)cc1. The van der Waals surface area contributed by atoms with E-state index in [1.165, 1.54) is 39.2 Å². The maximum Gasteiger partial charge on any atom is 0.243 e. The predicted molar refractivity (Wildman–Crippen MR) is 87.0 cm³/mol. The topological polar surface area (TPSA) is 73.6 Å². The molecular weight excluding hydrogens is 280 g/mol. The first kappa shape index (κ1) is 16.8. The van der Waals surface area contributed by atoms with Gasteiger partial charge in [0.1, 0.15) is 11.8 Å². The number of rotatable bonds is 7. The number of hydrogen-bond acceptors (Lipinski definition) is 4. The fourth-order valence-electron chi connectivity index (χ4n) is 2.69. The van der Waals surface area contributed by atoms with Crippen molar-refractivity contribution in [3.63, 3.8) is 0 Å². The molecule has 0 heterocycles. The molecule has 0 aliphatic heterocycles. The van der Waals surface area contributed by atoms with Crippen LogP contribution in [0.5, 0.6) is 5.75 Å². The number of carbonyl (C=O) groups excluding carboxylic acids is 1. The molecule has 2 rings (SSSR count). The molecule has 1 atom stereocenters. The molecule has 0 radical (unpaired) electrons. The molecule has 0 bridgehead atoms. The average Bonchev–Trinajstić information content (AvgIpc) is 2.55. The predicted octanol–water partition coefficient (Wildman–Crippen LogP) is 2.56. The Labute approximate surface area is 132 Å². The van der Waals surface area contributed by atoms with Crippen molar-refractivity contribution in [3.8, 4) is 5.75 Å². The van der Waals surface area contributed by atoms with E-state index in [-0.39, 0.29) is 12.5 Å². The summed E-state index contributed by atoms with van der Waals surface area (Å²) in [6.45, 7) is 0.985. The third-order valence-electron chi connectivity index (χ3n) is 4.02. The maximum absolute atomic E-state index is 11.8. The monoisotopic (exact) mass is 306 g/mol. The van der Waals surface area contributed by atoms with Crippen molar-refractivity contribution in [2.75, 3.05) is 25.6 Å². The van der Waals surface area contributed by atoms with Gasteiger partial charge in [-0.25, -0.2) is 0 Å². The van der Waals surface area contributed by atoms with Crippen LogP contribution >= 0.6 is 0 Å². The molecule has 0 aromatic heterocycles. The van der Waals surface area contributed by atoms with Gasteiger partial charge < -0.3 is 20.5 Å². The molecule has 5 nitrogen and oxygen atoms in total. The standard InChI is InChI=1S/C17H26N2O3/c1-21-12-16(18)17(20)19-14-7-9-15(10-8-14)22-11-13-5-3-2-4-6-13/h7-10,13,16H,2-6,11-12,18H2,1H3,(H,19,20). The molecule has 0 spiro atoms. The van der Waals surface area contributed by atoms with Gasteiger partial charge in [-0.05, 0) is 43.0 Å². The van der Waals surface area contributed by atoms with E-state index in [4.69, 9.17) is 15.2 Å². The molecule has 3 N–H and O–H groups in total. The van der Waals surface area contributed by atoms with E-state index >= 15 is 0 Å². The number of carbonyl (C=O) groups is 1.